The number of amides is 1. The summed E-state index contributed by atoms with van der Waals surface area (Å²) < 4.78 is 0. The SMILES string of the molecule is CCC(C)Nc1ccc(C(=O)Nc2ccc(N3CCN(C)CC3)cc2)cn1. The van der Waals surface area contributed by atoms with E-state index in [0.29, 0.717) is 11.6 Å². The van der Waals surface area contributed by atoms with E-state index in [1.165, 1.54) is 5.69 Å². The standard InChI is InChI=1S/C21H29N5O/c1-4-16(2)23-20-10-5-17(15-22-20)21(27)24-18-6-8-19(9-7-18)26-13-11-25(3)12-14-26/h5-10,15-16H,4,11-14H2,1-3H3,(H,22,23)(H,24,27). The van der Waals surface area contributed by atoms with Crippen molar-refractivity contribution in [2.75, 3.05) is 48.8 Å². The van der Waals surface area contributed by atoms with E-state index in [2.05, 4.69) is 58.4 Å². The molecule has 1 fully saturated rings. The zero-order valence-corrected chi connectivity index (χ0v) is 16.4. The molecule has 2 aromatic rings. The second kappa shape index (κ2) is 8.86. The van der Waals surface area contributed by atoms with Gasteiger partial charge in [0, 0.05) is 49.8 Å². The second-order valence-electron chi connectivity index (χ2n) is 7.18. The fourth-order valence-corrected chi connectivity index (χ4v) is 2.99. The van der Waals surface area contributed by atoms with Crippen LogP contribution in [0.5, 0.6) is 0 Å². The second-order valence-corrected chi connectivity index (χ2v) is 7.18. The molecule has 2 heterocycles. The molecule has 1 aliphatic heterocycles. The van der Waals surface area contributed by atoms with Crippen molar-refractivity contribution in [2.24, 2.45) is 0 Å². The maximum atomic E-state index is 12.4. The Morgan fingerprint density at radius 2 is 1.81 bits per heavy atom. The van der Waals surface area contributed by atoms with E-state index in [1.807, 2.05) is 18.2 Å². The highest BCUT2D eigenvalue weighted by Gasteiger charge is 2.14. The van der Waals surface area contributed by atoms with E-state index in [1.54, 1.807) is 12.3 Å². The lowest BCUT2D eigenvalue weighted by molar-refractivity contribution is 0.102. The zero-order chi connectivity index (χ0) is 19.2. The molecule has 1 aliphatic rings. The largest absolute Gasteiger partial charge is 0.369 e. The maximum absolute atomic E-state index is 12.4. The quantitative estimate of drug-likeness (QED) is 0.820. The third-order valence-corrected chi connectivity index (χ3v) is 5.03. The summed E-state index contributed by atoms with van der Waals surface area (Å²) in [5, 5.41) is 6.24. The molecule has 1 atom stereocenters. The monoisotopic (exact) mass is 367 g/mol. The van der Waals surface area contributed by atoms with Crippen LogP contribution >= 0.6 is 0 Å². The molecule has 1 aromatic heterocycles. The molecule has 1 saturated heterocycles. The van der Waals surface area contributed by atoms with Gasteiger partial charge in [-0.05, 0) is 56.8 Å². The van der Waals surface area contributed by atoms with Crippen molar-refractivity contribution in [1.82, 2.24) is 9.88 Å². The molecule has 0 radical (unpaired) electrons. The van der Waals surface area contributed by atoms with Gasteiger partial charge < -0.3 is 20.4 Å². The van der Waals surface area contributed by atoms with E-state index >= 15 is 0 Å². The van der Waals surface area contributed by atoms with Crippen molar-refractivity contribution in [1.29, 1.82) is 0 Å². The fourth-order valence-electron chi connectivity index (χ4n) is 2.99. The Kier molecular flexibility index (Phi) is 6.29. The number of nitrogens with zero attached hydrogens (tertiary/aromatic N) is 3. The van der Waals surface area contributed by atoms with E-state index in [-0.39, 0.29) is 5.91 Å². The minimum atomic E-state index is -0.148. The van der Waals surface area contributed by atoms with Crippen LogP contribution in [0.1, 0.15) is 30.6 Å². The molecule has 6 heteroatoms. The van der Waals surface area contributed by atoms with Crippen molar-refractivity contribution in [3.8, 4) is 0 Å². The van der Waals surface area contributed by atoms with E-state index in [9.17, 15) is 4.79 Å². The Bertz CT molecular complexity index is 736. The van der Waals surface area contributed by atoms with Crippen molar-refractivity contribution in [3.05, 3.63) is 48.2 Å². The summed E-state index contributed by atoms with van der Waals surface area (Å²) in [7, 11) is 2.15. The minimum absolute atomic E-state index is 0.148. The summed E-state index contributed by atoms with van der Waals surface area (Å²) in [5.41, 5.74) is 2.54. The van der Waals surface area contributed by atoms with E-state index in [0.717, 1.165) is 44.1 Å². The molecule has 3 rings (SSSR count). The van der Waals surface area contributed by atoms with Crippen LogP contribution in [0.25, 0.3) is 0 Å². The van der Waals surface area contributed by atoms with Crippen molar-refractivity contribution in [3.63, 3.8) is 0 Å². The third kappa shape index (κ3) is 5.20. The van der Waals surface area contributed by atoms with E-state index < -0.39 is 0 Å². The summed E-state index contributed by atoms with van der Waals surface area (Å²) in [6.45, 7) is 8.44. The average molecular weight is 367 g/mol. The summed E-state index contributed by atoms with van der Waals surface area (Å²) in [6, 6.07) is 12.0. The van der Waals surface area contributed by atoms with Crippen LogP contribution in [0.4, 0.5) is 17.2 Å². The number of anilines is 3. The molecular weight excluding hydrogens is 338 g/mol. The number of hydrogen-bond acceptors (Lipinski definition) is 5. The van der Waals surface area contributed by atoms with Gasteiger partial charge in [-0.25, -0.2) is 4.98 Å². The van der Waals surface area contributed by atoms with Crippen LogP contribution in [-0.4, -0.2) is 55.1 Å². The number of pyridine rings is 1. The Hall–Kier alpha value is -2.60. The molecule has 1 unspecified atom stereocenters. The predicted octanol–water partition coefficient (Wildman–Crippen LogP) is 3.30. The average Bonchev–Trinajstić information content (AvgIpc) is 2.69. The normalized spacial score (nSPS) is 16.0. The van der Waals surface area contributed by atoms with Gasteiger partial charge in [-0.3, -0.25) is 4.79 Å². The molecule has 0 aliphatic carbocycles. The summed E-state index contributed by atoms with van der Waals surface area (Å²) in [4.78, 5) is 21.5. The molecule has 27 heavy (non-hydrogen) atoms. The van der Waals surface area contributed by atoms with Gasteiger partial charge in [-0.1, -0.05) is 6.92 Å². The number of aromatic nitrogens is 1. The number of likely N-dealkylation sites (N-methyl/N-ethyl adjacent to an activating group) is 1. The van der Waals surface area contributed by atoms with Crippen molar-refractivity contribution in [2.45, 2.75) is 26.3 Å². The lowest BCUT2D eigenvalue weighted by Crippen LogP contribution is -2.44. The molecule has 0 spiro atoms. The molecule has 0 saturated carbocycles. The van der Waals surface area contributed by atoms with Crippen LogP contribution in [0.2, 0.25) is 0 Å². The number of carbonyl (C=O) groups excluding carboxylic acids is 1. The summed E-state index contributed by atoms with van der Waals surface area (Å²) in [6.07, 6.45) is 2.63. The van der Waals surface area contributed by atoms with Crippen LogP contribution in [0.15, 0.2) is 42.6 Å². The highest BCUT2D eigenvalue weighted by molar-refractivity contribution is 6.04. The first-order valence-electron chi connectivity index (χ1n) is 9.62. The van der Waals surface area contributed by atoms with Gasteiger partial charge in [0.2, 0.25) is 0 Å². The predicted molar refractivity (Wildman–Crippen MR) is 112 cm³/mol. The molecule has 1 aromatic carbocycles. The molecular formula is C21H29N5O. The Labute approximate surface area is 161 Å². The number of nitrogens with one attached hydrogen (secondary N) is 2. The topological polar surface area (TPSA) is 60.5 Å². The Morgan fingerprint density at radius 1 is 1.11 bits per heavy atom. The summed E-state index contributed by atoms with van der Waals surface area (Å²) >= 11 is 0. The molecule has 6 nitrogen and oxygen atoms in total. The molecule has 2 N–H and O–H groups in total. The number of hydrogen-bond donors (Lipinski definition) is 2. The van der Waals surface area contributed by atoms with Gasteiger partial charge in [0.05, 0.1) is 5.56 Å². The molecule has 144 valence electrons. The first kappa shape index (κ1) is 19.2. The highest BCUT2D eigenvalue weighted by atomic mass is 16.1. The lowest BCUT2D eigenvalue weighted by Gasteiger charge is -2.34. The van der Waals surface area contributed by atoms with Gasteiger partial charge >= 0.3 is 0 Å². The molecule has 0 bridgehead atoms. The smallest absolute Gasteiger partial charge is 0.257 e. The van der Waals surface area contributed by atoms with Gasteiger partial charge in [-0.15, -0.1) is 0 Å². The third-order valence-electron chi connectivity index (χ3n) is 5.03. The van der Waals surface area contributed by atoms with Gasteiger partial charge in [0.15, 0.2) is 0 Å². The minimum Gasteiger partial charge on any atom is -0.369 e. The fraction of sp³-hybridized carbons (Fsp3) is 0.429. The lowest BCUT2D eigenvalue weighted by atomic mass is 10.2. The van der Waals surface area contributed by atoms with Crippen LogP contribution in [-0.2, 0) is 0 Å². The van der Waals surface area contributed by atoms with Gasteiger partial charge in [0.25, 0.3) is 5.91 Å². The van der Waals surface area contributed by atoms with Gasteiger partial charge in [-0.2, -0.15) is 0 Å². The first-order valence-corrected chi connectivity index (χ1v) is 9.62. The van der Waals surface area contributed by atoms with Gasteiger partial charge in [0.1, 0.15) is 5.82 Å². The van der Waals surface area contributed by atoms with Crippen molar-refractivity contribution < 1.29 is 4.79 Å². The molecule has 1 amide bonds. The van der Waals surface area contributed by atoms with Crippen LogP contribution in [0, 0.1) is 0 Å². The Balaban J connectivity index is 1.57. The summed E-state index contributed by atoms with van der Waals surface area (Å²) in [5.74, 6) is 0.641. The maximum Gasteiger partial charge on any atom is 0.257 e. The van der Waals surface area contributed by atoms with Crippen LogP contribution in [0.3, 0.4) is 0 Å². The number of carbonyl (C=O) groups is 1. The van der Waals surface area contributed by atoms with Crippen LogP contribution < -0.4 is 15.5 Å². The van der Waals surface area contributed by atoms with Crippen molar-refractivity contribution >= 4 is 23.1 Å². The highest BCUT2D eigenvalue weighted by Crippen LogP contribution is 2.20. The number of benzene rings is 1. The first-order chi connectivity index (χ1) is 13.0. The zero-order valence-electron chi connectivity index (χ0n) is 16.4. The Morgan fingerprint density at radius 3 is 2.41 bits per heavy atom. The number of piperazine rings is 1. The van der Waals surface area contributed by atoms with E-state index in [4.69, 9.17) is 0 Å². The number of rotatable bonds is 6.